The fourth-order valence-electron chi connectivity index (χ4n) is 3.66. The molecule has 0 aromatic carbocycles. The molecule has 0 atom stereocenters. The van der Waals surface area contributed by atoms with Gasteiger partial charge in [0, 0.05) is 32.4 Å². The van der Waals surface area contributed by atoms with Crippen LogP contribution >= 0.6 is 0 Å². The van der Waals surface area contributed by atoms with Crippen molar-refractivity contribution in [3.05, 3.63) is 59.6 Å². The molecule has 3 aromatic heterocycles. The van der Waals surface area contributed by atoms with E-state index in [0.717, 1.165) is 11.1 Å². The summed E-state index contributed by atoms with van der Waals surface area (Å²) in [6, 6.07) is 3.05. The highest BCUT2D eigenvalue weighted by atomic mass is 19.1. The number of aromatic nitrogens is 5. The molecular weight excluding hydrogens is 411 g/mol. The van der Waals surface area contributed by atoms with E-state index in [1.807, 2.05) is 37.0 Å². The number of aryl methyl sites for hydroxylation is 1. The van der Waals surface area contributed by atoms with Gasteiger partial charge >= 0.3 is 0 Å². The smallest absolute Gasteiger partial charge is 0.244 e. The number of carbonyl (C=O) groups excluding carboxylic acids is 1. The van der Waals surface area contributed by atoms with E-state index >= 15 is 0 Å². The number of rotatable bonds is 6. The minimum atomic E-state index is -0.528. The van der Waals surface area contributed by atoms with Crippen molar-refractivity contribution in [2.24, 2.45) is 0 Å². The number of likely N-dealkylation sites (N-methyl/N-ethyl adjacent to an activating group) is 1. The van der Waals surface area contributed by atoms with Crippen molar-refractivity contribution in [3.63, 3.8) is 0 Å². The third-order valence-corrected chi connectivity index (χ3v) is 5.20. The second kappa shape index (κ2) is 8.37. The molecule has 0 unspecified atom stereocenters. The minimum absolute atomic E-state index is 0.0774. The van der Waals surface area contributed by atoms with Gasteiger partial charge in [-0.2, -0.15) is 14.5 Å². The van der Waals surface area contributed by atoms with Crippen LogP contribution in [0.1, 0.15) is 29.4 Å². The molecule has 1 aliphatic heterocycles. The Morgan fingerprint density at radius 1 is 1.31 bits per heavy atom. The Hall–Kier alpha value is -3.82. The number of allylic oxidation sites excluding steroid dienone is 1. The summed E-state index contributed by atoms with van der Waals surface area (Å²) in [6.07, 6.45) is 3.71. The van der Waals surface area contributed by atoms with Crippen LogP contribution in [-0.4, -0.2) is 51.3 Å². The zero-order chi connectivity index (χ0) is 23.0. The van der Waals surface area contributed by atoms with Crippen LogP contribution < -0.4 is 15.1 Å². The molecule has 0 aliphatic carbocycles. The van der Waals surface area contributed by atoms with Gasteiger partial charge in [-0.1, -0.05) is 12.6 Å². The number of carbonyl (C=O) groups is 1. The van der Waals surface area contributed by atoms with Crippen molar-refractivity contribution in [2.45, 2.75) is 26.9 Å². The Bertz CT molecular complexity index is 1200. The van der Waals surface area contributed by atoms with Gasteiger partial charge in [0.1, 0.15) is 5.69 Å². The van der Waals surface area contributed by atoms with E-state index in [4.69, 9.17) is 0 Å². The predicted octanol–water partition coefficient (Wildman–Crippen LogP) is 2.62. The number of amides is 1. The maximum atomic E-state index is 13.5. The lowest BCUT2D eigenvalue weighted by molar-refractivity contribution is -0.115. The molecule has 9 nitrogen and oxygen atoms in total. The Kier molecular flexibility index (Phi) is 5.60. The predicted molar refractivity (Wildman–Crippen MR) is 121 cm³/mol. The molecule has 0 radical (unpaired) electrons. The van der Waals surface area contributed by atoms with E-state index in [1.54, 1.807) is 23.9 Å². The van der Waals surface area contributed by atoms with E-state index in [9.17, 15) is 9.18 Å². The van der Waals surface area contributed by atoms with Gasteiger partial charge in [-0.05, 0) is 31.1 Å². The molecule has 0 spiro atoms. The Morgan fingerprint density at radius 2 is 2.09 bits per heavy atom. The number of hydrogen-bond donors (Lipinski definition) is 1. The largest absolute Gasteiger partial charge is 0.348 e. The number of anilines is 3. The first-order valence-corrected chi connectivity index (χ1v) is 10.1. The van der Waals surface area contributed by atoms with Crippen LogP contribution in [0.15, 0.2) is 31.1 Å². The van der Waals surface area contributed by atoms with Gasteiger partial charge in [0.25, 0.3) is 0 Å². The lowest BCUT2D eigenvalue weighted by atomic mass is 10.1. The van der Waals surface area contributed by atoms with E-state index in [2.05, 4.69) is 31.9 Å². The molecule has 1 amide bonds. The lowest BCUT2D eigenvalue weighted by Gasteiger charge is -2.28. The lowest BCUT2D eigenvalue weighted by Crippen LogP contribution is -2.37. The van der Waals surface area contributed by atoms with Gasteiger partial charge in [-0.25, -0.2) is 9.97 Å². The Balaban J connectivity index is 1.51. The highest BCUT2D eigenvalue weighted by Gasteiger charge is 2.24. The standard InChI is InChI=1S/C22H25FN8O/c1-13(2)19-16(6-7-17(23)26-19)11-31-10-15(8-24-31)9-30(5)22-25-14(3)20-21(28-22)29(4)12-18(32)27-20/h6-8,10H,1,9,11-12H2,2-5H3,(H,27,32). The third-order valence-electron chi connectivity index (χ3n) is 5.20. The normalized spacial score (nSPS) is 13.0. The average molecular weight is 436 g/mol. The monoisotopic (exact) mass is 436 g/mol. The fourth-order valence-corrected chi connectivity index (χ4v) is 3.66. The molecule has 32 heavy (non-hydrogen) atoms. The van der Waals surface area contributed by atoms with Crippen molar-refractivity contribution in [3.8, 4) is 0 Å². The van der Waals surface area contributed by atoms with Crippen LogP contribution in [0.3, 0.4) is 0 Å². The highest BCUT2D eigenvalue weighted by Crippen LogP contribution is 2.30. The summed E-state index contributed by atoms with van der Waals surface area (Å²) in [5, 5.41) is 7.28. The Morgan fingerprint density at radius 3 is 2.84 bits per heavy atom. The SMILES string of the molecule is C=C(C)c1nc(F)ccc1Cn1cc(CN(C)c2nc(C)c3c(n2)N(C)CC(=O)N3)cn1. The van der Waals surface area contributed by atoms with Crippen molar-refractivity contribution in [1.82, 2.24) is 24.7 Å². The van der Waals surface area contributed by atoms with Crippen molar-refractivity contribution >= 4 is 28.9 Å². The molecule has 166 valence electrons. The molecule has 4 rings (SSSR count). The molecule has 0 bridgehead atoms. The molecule has 0 saturated carbocycles. The number of fused-ring (bicyclic) bond motifs is 1. The fraction of sp³-hybridized carbons (Fsp3) is 0.318. The van der Waals surface area contributed by atoms with Crippen molar-refractivity contribution in [1.29, 1.82) is 0 Å². The molecule has 3 aromatic rings. The summed E-state index contributed by atoms with van der Waals surface area (Å²) in [7, 11) is 3.74. The maximum absolute atomic E-state index is 13.5. The van der Waals surface area contributed by atoms with Gasteiger partial charge in [-0.3, -0.25) is 9.48 Å². The Labute approximate surface area is 185 Å². The molecule has 1 N–H and O–H groups in total. The number of nitrogens with zero attached hydrogens (tertiary/aromatic N) is 7. The van der Waals surface area contributed by atoms with Gasteiger partial charge in [0.2, 0.25) is 17.8 Å². The summed E-state index contributed by atoms with van der Waals surface area (Å²) in [5.74, 6) is 0.654. The van der Waals surface area contributed by atoms with E-state index < -0.39 is 5.95 Å². The summed E-state index contributed by atoms with van der Waals surface area (Å²) < 4.78 is 15.3. The second-order valence-corrected chi connectivity index (χ2v) is 8.04. The zero-order valence-corrected chi connectivity index (χ0v) is 18.6. The van der Waals surface area contributed by atoms with Crippen LogP contribution in [0, 0.1) is 12.9 Å². The van der Waals surface area contributed by atoms with Crippen LogP contribution in [0.2, 0.25) is 0 Å². The molecule has 1 aliphatic rings. The van der Waals surface area contributed by atoms with Crippen molar-refractivity contribution < 1.29 is 9.18 Å². The molecular formula is C22H25FN8O. The third kappa shape index (κ3) is 4.29. The first-order valence-electron chi connectivity index (χ1n) is 10.1. The molecule has 10 heteroatoms. The van der Waals surface area contributed by atoms with E-state index in [-0.39, 0.29) is 12.5 Å². The van der Waals surface area contributed by atoms with Gasteiger partial charge in [-0.15, -0.1) is 0 Å². The zero-order valence-electron chi connectivity index (χ0n) is 18.6. The second-order valence-electron chi connectivity index (χ2n) is 8.04. The van der Waals surface area contributed by atoms with E-state index in [0.29, 0.717) is 47.5 Å². The van der Waals surface area contributed by atoms with Crippen molar-refractivity contribution in [2.75, 3.05) is 35.8 Å². The van der Waals surface area contributed by atoms with E-state index in [1.165, 1.54) is 6.07 Å². The summed E-state index contributed by atoms with van der Waals surface area (Å²) in [6.45, 7) is 8.80. The minimum Gasteiger partial charge on any atom is -0.348 e. The topological polar surface area (TPSA) is 92.1 Å². The highest BCUT2D eigenvalue weighted by molar-refractivity contribution is 6.00. The quantitative estimate of drug-likeness (QED) is 0.594. The molecule has 0 saturated heterocycles. The number of pyridine rings is 1. The average Bonchev–Trinajstić information content (AvgIpc) is 3.16. The van der Waals surface area contributed by atoms with Gasteiger partial charge in [0.15, 0.2) is 5.82 Å². The summed E-state index contributed by atoms with van der Waals surface area (Å²) >= 11 is 0. The van der Waals surface area contributed by atoms with Crippen LogP contribution in [0.4, 0.5) is 21.8 Å². The first kappa shape index (κ1) is 21.4. The summed E-state index contributed by atoms with van der Waals surface area (Å²) in [5.41, 5.74) is 4.43. The number of nitrogens with one attached hydrogen (secondary N) is 1. The van der Waals surface area contributed by atoms with Crippen LogP contribution in [0.5, 0.6) is 0 Å². The summed E-state index contributed by atoms with van der Waals surface area (Å²) in [4.78, 5) is 28.7. The van der Waals surface area contributed by atoms with Gasteiger partial charge in [0.05, 0.1) is 30.7 Å². The van der Waals surface area contributed by atoms with Crippen LogP contribution in [-0.2, 0) is 17.9 Å². The number of hydrogen-bond acceptors (Lipinski definition) is 7. The maximum Gasteiger partial charge on any atom is 0.244 e. The number of halogens is 1. The van der Waals surface area contributed by atoms with Crippen LogP contribution in [0.25, 0.3) is 5.57 Å². The first-order chi connectivity index (χ1) is 15.2. The molecule has 0 fully saturated rings. The van der Waals surface area contributed by atoms with Gasteiger partial charge < -0.3 is 15.1 Å². The molecule has 4 heterocycles.